The van der Waals surface area contributed by atoms with Gasteiger partial charge in [0.15, 0.2) is 0 Å². The van der Waals surface area contributed by atoms with Crippen LogP contribution in [0.3, 0.4) is 0 Å². The van der Waals surface area contributed by atoms with Crippen molar-refractivity contribution in [1.29, 1.82) is 0 Å². The first kappa shape index (κ1) is 22.7. The van der Waals surface area contributed by atoms with Gasteiger partial charge in [0.2, 0.25) is 5.91 Å². The van der Waals surface area contributed by atoms with Crippen molar-refractivity contribution in [2.75, 3.05) is 11.9 Å². The molecule has 6 nitrogen and oxygen atoms in total. The smallest absolute Gasteiger partial charge is 0.322 e. The zero-order valence-corrected chi connectivity index (χ0v) is 18.5. The molecular weight excluding hydrogens is 437 g/mol. The maximum atomic E-state index is 12.9. The Morgan fingerprint density at radius 3 is 2.48 bits per heavy atom. The first-order valence-electron chi connectivity index (χ1n) is 9.80. The van der Waals surface area contributed by atoms with Crippen LogP contribution < -0.4 is 10.6 Å². The van der Waals surface area contributed by atoms with Gasteiger partial charge in [0.1, 0.15) is 5.76 Å². The van der Waals surface area contributed by atoms with Crippen LogP contribution in [0.1, 0.15) is 30.7 Å². The number of hydrogen-bond donors (Lipinski definition) is 2. The first-order valence-corrected chi connectivity index (χ1v) is 10.6. The number of rotatable bonds is 8. The summed E-state index contributed by atoms with van der Waals surface area (Å²) in [5.74, 6) is 0.463. The van der Waals surface area contributed by atoms with Crippen molar-refractivity contribution in [3.63, 3.8) is 0 Å². The molecule has 0 aliphatic carbocycles. The van der Waals surface area contributed by atoms with Crippen molar-refractivity contribution in [2.24, 2.45) is 0 Å². The summed E-state index contributed by atoms with van der Waals surface area (Å²) < 4.78 is 5.37. The maximum absolute atomic E-state index is 12.9. The highest BCUT2D eigenvalue weighted by Gasteiger charge is 2.18. The number of carbonyl (C=O) groups is 2. The number of urea groups is 1. The molecule has 2 N–H and O–H groups in total. The second-order valence-corrected chi connectivity index (χ2v) is 7.82. The Balaban J connectivity index is 1.62. The third-order valence-electron chi connectivity index (χ3n) is 4.67. The van der Waals surface area contributed by atoms with E-state index in [0.29, 0.717) is 21.5 Å². The van der Waals surface area contributed by atoms with E-state index < -0.39 is 0 Å². The second-order valence-electron chi connectivity index (χ2n) is 7.01. The summed E-state index contributed by atoms with van der Waals surface area (Å²) in [7, 11) is 0. The van der Waals surface area contributed by atoms with E-state index in [9.17, 15) is 9.59 Å². The third-order valence-corrected chi connectivity index (χ3v) is 5.41. The average Bonchev–Trinajstić information content (AvgIpc) is 3.27. The third kappa shape index (κ3) is 6.77. The van der Waals surface area contributed by atoms with E-state index >= 15 is 0 Å². The molecule has 0 radical (unpaired) electrons. The summed E-state index contributed by atoms with van der Waals surface area (Å²) in [4.78, 5) is 26.8. The summed E-state index contributed by atoms with van der Waals surface area (Å²) in [6, 6.07) is 17.6. The van der Waals surface area contributed by atoms with Crippen molar-refractivity contribution in [2.45, 2.75) is 25.9 Å². The van der Waals surface area contributed by atoms with E-state index in [-0.39, 0.29) is 37.5 Å². The largest absolute Gasteiger partial charge is 0.467 e. The molecule has 31 heavy (non-hydrogen) atoms. The Kier molecular flexibility index (Phi) is 7.98. The van der Waals surface area contributed by atoms with E-state index in [4.69, 9.17) is 27.6 Å². The molecule has 0 saturated carbocycles. The van der Waals surface area contributed by atoms with Crippen LogP contribution in [0, 0.1) is 0 Å². The first-order chi connectivity index (χ1) is 14.9. The van der Waals surface area contributed by atoms with Gasteiger partial charge in [0, 0.05) is 18.7 Å². The fourth-order valence-electron chi connectivity index (χ4n) is 2.99. The molecule has 162 valence electrons. The highest BCUT2D eigenvalue weighted by molar-refractivity contribution is 6.42. The van der Waals surface area contributed by atoms with Crippen LogP contribution in [0.4, 0.5) is 10.5 Å². The van der Waals surface area contributed by atoms with Gasteiger partial charge in [-0.25, -0.2) is 4.79 Å². The maximum Gasteiger partial charge on any atom is 0.322 e. The number of nitrogens with zero attached hydrogens (tertiary/aromatic N) is 1. The number of anilines is 1. The number of hydrogen-bond acceptors (Lipinski definition) is 3. The van der Waals surface area contributed by atoms with Gasteiger partial charge in [0.25, 0.3) is 0 Å². The van der Waals surface area contributed by atoms with E-state index in [1.54, 1.807) is 36.6 Å². The lowest BCUT2D eigenvalue weighted by Gasteiger charge is -2.23. The fraction of sp³-hybridized carbons (Fsp3) is 0.217. The Hall–Kier alpha value is -2.96. The second kappa shape index (κ2) is 10.9. The van der Waals surface area contributed by atoms with Gasteiger partial charge < -0.3 is 20.0 Å². The molecule has 0 bridgehead atoms. The molecule has 8 heteroatoms. The summed E-state index contributed by atoms with van der Waals surface area (Å²) >= 11 is 12.0. The van der Waals surface area contributed by atoms with Gasteiger partial charge in [0.05, 0.1) is 28.9 Å². The quantitative estimate of drug-likeness (QED) is 0.440. The summed E-state index contributed by atoms with van der Waals surface area (Å²) in [6.07, 6.45) is 1.69. The molecule has 1 aromatic heterocycles. The van der Waals surface area contributed by atoms with Crippen molar-refractivity contribution in [1.82, 2.24) is 10.2 Å². The Morgan fingerprint density at radius 1 is 1.03 bits per heavy atom. The van der Waals surface area contributed by atoms with Gasteiger partial charge in [-0.05, 0) is 42.8 Å². The molecule has 0 aliphatic rings. The van der Waals surface area contributed by atoms with Crippen molar-refractivity contribution < 1.29 is 14.0 Å². The molecule has 1 unspecified atom stereocenters. The van der Waals surface area contributed by atoms with Gasteiger partial charge in [-0.3, -0.25) is 4.79 Å². The minimum absolute atomic E-state index is 0.128. The normalized spacial score (nSPS) is 11.6. The lowest BCUT2D eigenvalue weighted by molar-refractivity contribution is -0.121. The van der Waals surface area contributed by atoms with E-state index in [2.05, 4.69) is 10.6 Å². The molecule has 3 rings (SSSR count). The fourth-order valence-corrected chi connectivity index (χ4v) is 3.29. The molecule has 3 aromatic rings. The minimum atomic E-state index is -0.376. The zero-order chi connectivity index (χ0) is 22.2. The lowest BCUT2D eigenvalue weighted by atomic mass is 10.1. The van der Waals surface area contributed by atoms with E-state index in [1.165, 1.54) is 4.90 Å². The number of carbonyl (C=O) groups excluding carboxylic acids is 2. The molecule has 1 atom stereocenters. The topological polar surface area (TPSA) is 74.6 Å². The SMILES string of the molecule is CC(NC(=O)CCN(Cc1ccco1)C(=O)Nc1ccc(Cl)c(Cl)c1)c1ccccc1. The number of benzene rings is 2. The van der Waals surface area contributed by atoms with Crippen LogP contribution in [0.15, 0.2) is 71.3 Å². The van der Waals surface area contributed by atoms with E-state index in [0.717, 1.165) is 5.56 Å². The Bertz CT molecular complexity index is 1010. The molecule has 0 saturated heterocycles. The molecule has 1 heterocycles. The summed E-state index contributed by atoms with van der Waals surface area (Å²) in [6.45, 7) is 2.35. The highest BCUT2D eigenvalue weighted by atomic mass is 35.5. The molecule has 0 fully saturated rings. The van der Waals surface area contributed by atoms with Gasteiger partial charge in [-0.2, -0.15) is 0 Å². The predicted octanol–water partition coefficient (Wildman–Crippen LogP) is 5.89. The predicted molar refractivity (Wildman–Crippen MR) is 122 cm³/mol. The van der Waals surface area contributed by atoms with Crippen LogP contribution in [0.2, 0.25) is 10.0 Å². The summed E-state index contributed by atoms with van der Waals surface area (Å²) in [5, 5.41) is 6.48. The Morgan fingerprint density at radius 2 is 1.81 bits per heavy atom. The van der Waals surface area contributed by atoms with Crippen LogP contribution >= 0.6 is 23.2 Å². The Labute approximate surface area is 191 Å². The van der Waals surface area contributed by atoms with Crippen LogP contribution in [-0.4, -0.2) is 23.4 Å². The van der Waals surface area contributed by atoms with Crippen LogP contribution in [0.25, 0.3) is 0 Å². The van der Waals surface area contributed by atoms with Crippen molar-refractivity contribution >= 4 is 40.8 Å². The molecule has 2 aromatic carbocycles. The van der Waals surface area contributed by atoms with Crippen molar-refractivity contribution in [3.8, 4) is 0 Å². The standard InChI is InChI=1S/C23H23Cl2N3O3/c1-16(17-6-3-2-4-7-17)26-22(29)11-12-28(15-19-8-5-13-31-19)23(30)27-18-9-10-20(24)21(25)14-18/h2-10,13-14,16H,11-12,15H2,1H3,(H,26,29)(H,27,30). The number of amides is 3. The number of nitrogens with one attached hydrogen (secondary N) is 2. The average molecular weight is 460 g/mol. The van der Waals surface area contributed by atoms with Gasteiger partial charge >= 0.3 is 6.03 Å². The lowest BCUT2D eigenvalue weighted by Crippen LogP contribution is -2.38. The van der Waals surface area contributed by atoms with Crippen molar-refractivity contribution in [3.05, 3.63) is 88.3 Å². The molecule has 0 spiro atoms. The highest BCUT2D eigenvalue weighted by Crippen LogP contribution is 2.25. The van der Waals surface area contributed by atoms with Gasteiger partial charge in [-0.1, -0.05) is 53.5 Å². The monoisotopic (exact) mass is 459 g/mol. The molecule has 0 aliphatic heterocycles. The van der Waals surface area contributed by atoms with Gasteiger partial charge in [-0.15, -0.1) is 0 Å². The van der Waals surface area contributed by atoms with Crippen LogP contribution in [-0.2, 0) is 11.3 Å². The minimum Gasteiger partial charge on any atom is -0.467 e. The number of halogens is 2. The van der Waals surface area contributed by atoms with E-state index in [1.807, 2.05) is 37.3 Å². The molecular formula is C23H23Cl2N3O3. The number of furan rings is 1. The molecule has 3 amide bonds. The zero-order valence-electron chi connectivity index (χ0n) is 17.0. The summed E-state index contributed by atoms with van der Waals surface area (Å²) in [5.41, 5.74) is 1.52. The van der Waals surface area contributed by atoms with Crippen LogP contribution in [0.5, 0.6) is 0 Å².